The summed E-state index contributed by atoms with van der Waals surface area (Å²) in [6.45, 7) is 0.217. The number of aliphatic hydroxyl groups is 1. The number of rotatable bonds is 3. The Hall–Kier alpha value is -1.48. The van der Waals surface area contributed by atoms with Crippen LogP contribution < -0.4 is 9.47 Å². The lowest BCUT2D eigenvalue weighted by atomic mass is 10.1. The van der Waals surface area contributed by atoms with E-state index in [0.29, 0.717) is 0 Å². The largest absolute Gasteiger partial charge is 0.458 e. The summed E-state index contributed by atoms with van der Waals surface area (Å²) in [6, 6.07) is 5.80. The van der Waals surface area contributed by atoms with Crippen molar-refractivity contribution in [2.75, 3.05) is 6.61 Å². The lowest BCUT2D eigenvalue weighted by molar-refractivity contribution is 0.288. The quantitative estimate of drug-likeness (QED) is 0.794. The monoisotopic (exact) mass is 192 g/mol. The average molecular weight is 192 g/mol. The van der Waals surface area contributed by atoms with Crippen LogP contribution in [0, 0.1) is 0 Å². The Labute approximate surface area is 82.6 Å². The van der Waals surface area contributed by atoms with Crippen molar-refractivity contribution in [3.05, 3.63) is 36.3 Å². The first-order chi connectivity index (χ1) is 6.90. The van der Waals surface area contributed by atoms with Crippen LogP contribution in [0.5, 0.6) is 11.5 Å². The van der Waals surface area contributed by atoms with Crippen LogP contribution in [0.3, 0.4) is 0 Å². The van der Waals surface area contributed by atoms with Gasteiger partial charge in [-0.1, -0.05) is 6.07 Å². The van der Waals surface area contributed by atoms with Gasteiger partial charge in [-0.25, -0.2) is 0 Å². The average Bonchev–Trinajstić information content (AvgIpc) is 2.26. The number of hydrogen-bond acceptors (Lipinski definition) is 3. The van der Waals surface area contributed by atoms with E-state index < -0.39 is 0 Å². The minimum Gasteiger partial charge on any atom is -0.458 e. The molecule has 0 unspecified atom stereocenters. The van der Waals surface area contributed by atoms with Crippen molar-refractivity contribution in [3.63, 3.8) is 0 Å². The van der Waals surface area contributed by atoms with Crippen molar-refractivity contribution in [1.82, 2.24) is 0 Å². The zero-order chi connectivity index (χ0) is 9.80. The van der Waals surface area contributed by atoms with Crippen LogP contribution in [0.1, 0.15) is 12.0 Å². The molecule has 1 aromatic rings. The Kier molecular flexibility index (Phi) is 2.70. The zero-order valence-electron chi connectivity index (χ0n) is 7.77. The highest BCUT2D eigenvalue weighted by atomic mass is 16.5. The first-order valence-electron chi connectivity index (χ1n) is 4.62. The summed E-state index contributed by atoms with van der Waals surface area (Å²) in [5, 5.41) is 8.70. The standard InChI is InChI=1S/C11H12O3/c12-5-1-2-9-3-4-10-11(8-9)14-7-6-13-10/h3-4,6-8,12H,1-2,5H2. The van der Waals surface area contributed by atoms with E-state index in [2.05, 4.69) is 0 Å². The molecule has 3 heteroatoms. The van der Waals surface area contributed by atoms with Gasteiger partial charge in [-0.3, -0.25) is 0 Å². The summed E-state index contributed by atoms with van der Waals surface area (Å²) in [5.74, 6) is 1.48. The third kappa shape index (κ3) is 1.88. The molecule has 1 aromatic carbocycles. The van der Waals surface area contributed by atoms with Crippen molar-refractivity contribution >= 4 is 0 Å². The number of aryl methyl sites for hydroxylation is 1. The van der Waals surface area contributed by atoms with Crippen LogP contribution in [0.25, 0.3) is 0 Å². The molecule has 0 aromatic heterocycles. The number of benzene rings is 1. The molecule has 14 heavy (non-hydrogen) atoms. The fourth-order valence-electron chi connectivity index (χ4n) is 1.38. The van der Waals surface area contributed by atoms with E-state index in [0.717, 1.165) is 29.9 Å². The van der Waals surface area contributed by atoms with Gasteiger partial charge in [-0.15, -0.1) is 0 Å². The second kappa shape index (κ2) is 4.15. The Morgan fingerprint density at radius 2 is 1.86 bits per heavy atom. The topological polar surface area (TPSA) is 38.7 Å². The van der Waals surface area contributed by atoms with Crippen LogP contribution in [-0.4, -0.2) is 11.7 Å². The van der Waals surface area contributed by atoms with Crippen molar-refractivity contribution in [2.24, 2.45) is 0 Å². The van der Waals surface area contributed by atoms with Crippen molar-refractivity contribution < 1.29 is 14.6 Å². The molecule has 74 valence electrons. The van der Waals surface area contributed by atoms with Gasteiger partial charge in [-0.05, 0) is 30.5 Å². The van der Waals surface area contributed by atoms with Gasteiger partial charge in [0.15, 0.2) is 11.5 Å². The molecule has 1 heterocycles. The second-order valence-electron chi connectivity index (χ2n) is 3.12. The third-order valence-corrected chi connectivity index (χ3v) is 2.08. The molecule has 2 rings (SSSR count). The maximum absolute atomic E-state index is 8.70. The maximum atomic E-state index is 8.70. The van der Waals surface area contributed by atoms with E-state index in [9.17, 15) is 0 Å². The smallest absolute Gasteiger partial charge is 0.169 e. The van der Waals surface area contributed by atoms with E-state index in [4.69, 9.17) is 14.6 Å². The normalized spacial score (nSPS) is 12.9. The summed E-state index contributed by atoms with van der Waals surface area (Å²) >= 11 is 0. The minimum atomic E-state index is 0.217. The molecule has 1 N–H and O–H groups in total. The molecule has 0 bridgehead atoms. The fraction of sp³-hybridized carbons (Fsp3) is 0.273. The van der Waals surface area contributed by atoms with E-state index >= 15 is 0 Å². The predicted octanol–water partition coefficient (Wildman–Crippen LogP) is 1.85. The van der Waals surface area contributed by atoms with Gasteiger partial charge in [0, 0.05) is 6.61 Å². The van der Waals surface area contributed by atoms with Crippen molar-refractivity contribution in [1.29, 1.82) is 0 Å². The van der Waals surface area contributed by atoms with Gasteiger partial charge in [0.2, 0.25) is 0 Å². The van der Waals surface area contributed by atoms with E-state index in [1.165, 1.54) is 12.5 Å². The Balaban J connectivity index is 2.14. The molecule has 0 spiro atoms. The first kappa shape index (κ1) is 9.09. The van der Waals surface area contributed by atoms with Crippen LogP contribution >= 0.6 is 0 Å². The van der Waals surface area contributed by atoms with Gasteiger partial charge >= 0.3 is 0 Å². The van der Waals surface area contributed by atoms with E-state index in [1.54, 1.807) is 0 Å². The highest BCUT2D eigenvalue weighted by Gasteiger charge is 2.08. The van der Waals surface area contributed by atoms with Crippen LogP contribution in [-0.2, 0) is 6.42 Å². The van der Waals surface area contributed by atoms with E-state index in [1.807, 2.05) is 18.2 Å². The molecule has 0 aliphatic carbocycles. The molecule has 0 atom stereocenters. The van der Waals surface area contributed by atoms with Gasteiger partial charge < -0.3 is 14.6 Å². The molecule has 0 saturated carbocycles. The zero-order valence-corrected chi connectivity index (χ0v) is 7.77. The molecule has 0 radical (unpaired) electrons. The second-order valence-corrected chi connectivity index (χ2v) is 3.12. The molecule has 1 aliphatic heterocycles. The Morgan fingerprint density at radius 3 is 2.64 bits per heavy atom. The number of ether oxygens (including phenoxy) is 2. The molecule has 0 amide bonds. The summed E-state index contributed by atoms with van der Waals surface area (Å²) in [6.07, 6.45) is 4.65. The molecule has 0 fully saturated rings. The summed E-state index contributed by atoms with van der Waals surface area (Å²) in [4.78, 5) is 0. The summed E-state index contributed by atoms with van der Waals surface area (Å²) < 4.78 is 10.5. The fourth-order valence-corrected chi connectivity index (χ4v) is 1.38. The summed E-state index contributed by atoms with van der Waals surface area (Å²) in [7, 11) is 0. The summed E-state index contributed by atoms with van der Waals surface area (Å²) in [5.41, 5.74) is 1.15. The van der Waals surface area contributed by atoms with E-state index in [-0.39, 0.29) is 6.61 Å². The first-order valence-corrected chi connectivity index (χ1v) is 4.62. The number of fused-ring (bicyclic) bond motifs is 1. The third-order valence-electron chi connectivity index (χ3n) is 2.08. The molecular formula is C11H12O3. The predicted molar refractivity (Wildman–Crippen MR) is 52.2 cm³/mol. The van der Waals surface area contributed by atoms with Gasteiger partial charge in [0.1, 0.15) is 12.5 Å². The number of aliphatic hydroxyl groups excluding tert-OH is 1. The van der Waals surface area contributed by atoms with Crippen LogP contribution in [0.2, 0.25) is 0 Å². The number of hydrogen-bond donors (Lipinski definition) is 1. The Bertz CT molecular complexity index is 344. The minimum absolute atomic E-state index is 0.217. The lowest BCUT2D eigenvalue weighted by Crippen LogP contribution is -1.97. The highest BCUT2D eigenvalue weighted by Crippen LogP contribution is 2.31. The lowest BCUT2D eigenvalue weighted by Gasteiger charge is -2.13. The van der Waals surface area contributed by atoms with Crippen molar-refractivity contribution in [2.45, 2.75) is 12.8 Å². The van der Waals surface area contributed by atoms with Gasteiger partial charge in [-0.2, -0.15) is 0 Å². The van der Waals surface area contributed by atoms with Gasteiger partial charge in [0.25, 0.3) is 0 Å². The van der Waals surface area contributed by atoms with Gasteiger partial charge in [0.05, 0.1) is 0 Å². The maximum Gasteiger partial charge on any atom is 0.169 e. The van der Waals surface area contributed by atoms with Crippen LogP contribution in [0.4, 0.5) is 0 Å². The molecular weight excluding hydrogens is 180 g/mol. The Morgan fingerprint density at radius 1 is 1.07 bits per heavy atom. The van der Waals surface area contributed by atoms with Crippen LogP contribution in [0.15, 0.2) is 30.7 Å². The van der Waals surface area contributed by atoms with Crippen molar-refractivity contribution in [3.8, 4) is 11.5 Å². The SMILES string of the molecule is OCCCc1ccc2c(c1)OC=CO2. The molecule has 1 aliphatic rings. The molecule has 0 saturated heterocycles. The highest BCUT2D eigenvalue weighted by molar-refractivity contribution is 5.44. The molecule has 3 nitrogen and oxygen atoms in total.